The Morgan fingerprint density at radius 1 is 1.11 bits per heavy atom. The van der Waals surface area contributed by atoms with Gasteiger partial charge in [-0.25, -0.2) is 0 Å². The quantitative estimate of drug-likeness (QED) is 0.637. The molecule has 2 aromatic rings. The Morgan fingerprint density at radius 3 is 2.59 bits per heavy atom. The van der Waals surface area contributed by atoms with Crippen molar-refractivity contribution >= 4 is 11.8 Å². The number of carbonyl (C=O) groups excluding carboxylic acids is 2. The zero-order valence-corrected chi connectivity index (χ0v) is 14.6. The fraction of sp³-hybridized carbons (Fsp3) is 0.300. The van der Waals surface area contributed by atoms with Crippen molar-refractivity contribution in [1.29, 1.82) is 0 Å². The highest BCUT2D eigenvalue weighted by Gasteiger charge is 2.46. The topological polar surface area (TPSA) is 91.3 Å². The van der Waals surface area contributed by atoms with Crippen molar-refractivity contribution < 1.29 is 33.6 Å². The van der Waals surface area contributed by atoms with Crippen molar-refractivity contribution in [3.63, 3.8) is 0 Å². The van der Waals surface area contributed by atoms with Gasteiger partial charge in [0.05, 0.1) is 19.1 Å². The molecule has 2 aliphatic rings. The summed E-state index contributed by atoms with van der Waals surface area (Å²) >= 11 is 0. The minimum absolute atomic E-state index is 0.0655. The molecule has 1 fully saturated rings. The smallest absolute Gasteiger partial charge is 0.312 e. The van der Waals surface area contributed by atoms with E-state index >= 15 is 0 Å². The number of Topliss-reactive ketones (excluding diaryl/α,β-unsaturated/α-hetero) is 1. The molecule has 0 radical (unpaired) electrons. The maximum Gasteiger partial charge on any atom is 0.312 e. The van der Waals surface area contributed by atoms with E-state index in [1.807, 2.05) is 0 Å². The third-order valence-electron chi connectivity index (χ3n) is 4.90. The van der Waals surface area contributed by atoms with Crippen LogP contribution in [0.1, 0.15) is 22.0 Å². The summed E-state index contributed by atoms with van der Waals surface area (Å²) in [6.45, 7) is 0.0425. The third kappa shape index (κ3) is 3.10. The van der Waals surface area contributed by atoms with Crippen molar-refractivity contribution in [1.82, 2.24) is 0 Å². The highest BCUT2D eigenvalue weighted by atomic mass is 16.7. The van der Waals surface area contributed by atoms with E-state index in [4.69, 9.17) is 18.9 Å². The Balaban J connectivity index is 1.59. The molecule has 7 heteroatoms. The molecule has 1 saturated heterocycles. The van der Waals surface area contributed by atoms with Crippen LogP contribution in [0.3, 0.4) is 0 Å². The van der Waals surface area contributed by atoms with Gasteiger partial charge in [0.25, 0.3) is 0 Å². The lowest BCUT2D eigenvalue weighted by atomic mass is 9.82. The molecule has 7 nitrogen and oxygen atoms in total. The number of benzene rings is 2. The van der Waals surface area contributed by atoms with Crippen molar-refractivity contribution in [3.05, 3.63) is 53.6 Å². The Bertz CT molecular complexity index is 874. The van der Waals surface area contributed by atoms with Crippen LogP contribution >= 0.6 is 0 Å². The van der Waals surface area contributed by atoms with Crippen LogP contribution in [-0.4, -0.2) is 37.4 Å². The molecule has 0 spiro atoms. The Labute approximate surface area is 155 Å². The molecule has 0 aliphatic carbocycles. The maximum atomic E-state index is 13.0. The summed E-state index contributed by atoms with van der Waals surface area (Å²) in [5, 5.41) is 10.7. The lowest BCUT2D eigenvalue weighted by molar-refractivity contribution is -0.144. The van der Waals surface area contributed by atoms with Gasteiger partial charge in [0.1, 0.15) is 18.3 Å². The molecule has 2 aliphatic heterocycles. The van der Waals surface area contributed by atoms with E-state index in [-0.39, 0.29) is 19.2 Å². The summed E-state index contributed by atoms with van der Waals surface area (Å²) in [7, 11) is 1.54. The minimum Gasteiger partial charge on any atom is -0.497 e. The highest BCUT2D eigenvalue weighted by molar-refractivity contribution is 6.01. The van der Waals surface area contributed by atoms with Gasteiger partial charge >= 0.3 is 5.97 Å². The predicted octanol–water partition coefficient (Wildman–Crippen LogP) is 2.13. The Hall–Kier alpha value is -3.06. The molecule has 0 aromatic heterocycles. The summed E-state index contributed by atoms with van der Waals surface area (Å²) in [4.78, 5) is 25.2. The second-order valence-electron chi connectivity index (χ2n) is 6.41. The van der Waals surface area contributed by atoms with E-state index in [0.717, 1.165) is 0 Å². The first-order valence-electron chi connectivity index (χ1n) is 8.51. The lowest BCUT2D eigenvalue weighted by Crippen LogP contribution is -2.29. The molecule has 0 unspecified atom stereocenters. The number of aliphatic hydroxyl groups is 1. The van der Waals surface area contributed by atoms with Crippen LogP contribution in [0.4, 0.5) is 0 Å². The number of methoxy groups -OCH3 is 1. The number of hydrogen-bond acceptors (Lipinski definition) is 7. The first-order chi connectivity index (χ1) is 13.1. The molecule has 3 atom stereocenters. The van der Waals surface area contributed by atoms with Crippen molar-refractivity contribution in [2.24, 2.45) is 11.8 Å². The summed E-state index contributed by atoms with van der Waals surface area (Å²) < 4.78 is 20.8. The van der Waals surface area contributed by atoms with Gasteiger partial charge in [-0.3, -0.25) is 9.59 Å². The molecule has 2 heterocycles. The van der Waals surface area contributed by atoms with Gasteiger partial charge in [-0.05, 0) is 35.9 Å². The summed E-state index contributed by atoms with van der Waals surface area (Å²) in [6.07, 6.45) is -1.16. The van der Waals surface area contributed by atoms with Gasteiger partial charge in [0.15, 0.2) is 17.3 Å². The zero-order chi connectivity index (χ0) is 19.0. The van der Waals surface area contributed by atoms with E-state index in [1.54, 1.807) is 49.6 Å². The molecular formula is C20H18O7. The molecule has 0 bridgehead atoms. The number of hydrogen-bond donors (Lipinski definition) is 1. The van der Waals surface area contributed by atoms with Crippen molar-refractivity contribution in [2.75, 3.05) is 20.5 Å². The first-order valence-corrected chi connectivity index (χ1v) is 8.51. The molecular weight excluding hydrogens is 352 g/mol. The fourth-order valence-corrected chi connectivity index (χ4v) is 3.40. The monoisotopic (exact) mass is 370 g/mol. The minimum atomic E-state index is -1.16. The third-order valence-corrected chi connectivity index (χ3v) is 4.90. The number of ketones is 1. The molecule has 27 heavy (non-hydrogen) atoms. The molecule has 0 amide bonds. The van der Waals surface area contributed by atoms with Crippen LogP contribution in [0.25, 0.3) is 0 Å². The van der Waals surface area contributed by atoms with Gasteiger partial charge in [0, 0.05) is 5.56 Å². The number of fused-ring (bicyclic) bond motifs is 1. The van der Waals surface area contributed by atoms with Crippen LogP contribution in [0.15, 0.2) is 42.5 Å². The zero-order valence-electron chi connectivity index (χ0n) is 14.6. The largest absolute Gasteiger partial charge is 0.497 e. The Kier molecular flexibility index (Phi) is 4.45. The van der Waals surface area contributed by atoms with Gasteiger partial charge in [0.2, 0.25) is 6.79 Å². The van der Waals surface area contributed by atoms with E-state index in [2.05, 4.69) is 0 Å². The molecule has 4 rings (SSSR count). The summed E-state index contributed by atoms with van der Waals surface area (Å²) in [5.41, 5.74) is 0.901. The highest BCUT2D eigenvalue weighted by Crippen LogP contribution is 2.38. The molecule has 2 aromatic carbocycles. The number of esters is 1. The van der Waals surface area contributed by atoms with Crippen LogP contribution in [0, 0.1) is 11.8 Å². The number of cyclic esters (lactones) is 1. The number of carbonyl (C=O) groups is 2. The second-order valence-corrected chi connectivity index (χ2v) is 6.41. The van der Waals surface area contributed by atoms with Gasteiger partial charge in [-0.15, -0.1) is 0 Å². The normalized spacial score (nSPS) is 21.6. The van der Waals surface area contributed by atoms with Crippen LogP contribution in [-0.2, 0) is 9.53 Å². The van der Waals surface area contributed by atoms with Gasteiger partial charge < -0.3 is 24.1 Å². The Morgan fingerprint density at radius 2 is 1.85 bits per heavy atom. The first kappa shape index (κ1) is 17.4. The average Bonchev–Trinajstić information content (AvgIpc) is 3.32. The fourth-order valence-electron chi connectivity index (χ4n) is 3.40. The van der Waals surface area contributed by atoms with Crippen LogP contribution in [0.2, 0.25) is 0 Å². The van der Waals surface area contributed by atoms with E-state index in [1.165, 1.54) is 0 Å². The van der Waals surface area contributed by atoms with E-state index < -0.39 is 23.9 Å². The van der Waals surface area contributed by atoms with Crippen LogP contribution in [0.5, 0.6) is 17.2 Å². The maximum absolute atomic E-state index is 13.0. The van der Waals surface area contributed by atoms with E-state index in [9.17, 15) is 14.7 Å². The molecule has 0 saturated carbocycles. The molecule has 140 valence electrons. The van der Waals surface area contributed by atoms with Crippen molar-refractivity contribution in [2.45, 2.75) is 6.10 Å². The predicted molar refractivity (Wildman–Crippen MR) is 92.8 cm³/mol. The number of aliphatic hydroxyl groups excluding tert-OH is 1. The number of ether oxygens (including phenoxy) is 4. The lowest BCUT2D eigenvalue weighted by Gasteiger charge is -2.20. The van der Waals surface area contributed by atoms with E-state index in [0.29, 0.717) is 28.4 Å². The van der Waals surface area contributed by atoms with Gasteiger partial charge in [-0.1, -0.05) is 12.1 Å². The van der Waals surface area contributed by atoms with Crippen molar-refractivity contribution in [3.8, 4) is 17.2 Å². The standard InChI is InChI=1S/C20H18O7/c1-24-13-5-2-11(3-6-13)19(22)17-14(9-25-20(17)23)18(21)12-4-7-15-16(8-12)27-10-26-15/h2-8,14,17,19,22H,9-10H2,1H3/t14-,17+,19+/m1/s1. The second kappa shape index (κ2) is 6.92. The summed E-state index contributed by atoms with van der Waals surface area (Å²) in [6, 6.07) is 11.6. The van der Waals surface area contributed by atoms with Gasteiger partial charge in [-0.2, -0.15) is 0 Å². The summed E-state index contributed by atoms with van der Waals surface area (Å²) in [5.74, 6) is -0.938. The SMILES string of the molecule is COc1ccc([C@H](O)[C@H]2C(=O)OC[C@H]2C(=O)c2ccc3c(c2)OCO3)cc1. The average molecular weight is 370 g/mol. The molecule has 1 N–H and O–H groups in total. The van der Waals surface area contributed by atoms with Crippen LogP contribution < -0.4 is 14.2 Å². The number of rotatable bonds is 5.